The molecule has 0 aliphatic carbocycles. The van der Waals surface area contributed by atoms with Gasteiger partial charge in [0, 0.05) is 5.33 Å². The van der Waals surface area contributed by atoms with Crippen molar-refractivity contribution in [1.29, 1.82) is 0 Å². The van der Waals surface area contributed by atoms with Crippen LogP contribution in [0.3, 0.4) is 0 Å². The topological polar surface area (TPSA) is 34.1 Å². The Morgan fingerprint density at radius 1 is 0.941 bits per heavy atom. The van der Waals surface area contributed by atoms with Gasteiger partial charge in [0.05, 0.1) is 11.5 Å². The quantitative estimate of drug-likeness (QED) is 0.542. The Hall–Kier alpha value is -0.350. The van der Waals surface area contributed by atoms with Gasteiger partial charge in [-0.1, -0.05) is 59.1 Å². The van der Waals surface area contributed by atoms with E-state index >= 15 is 0 Å². The molecule has 0 heterocycles. The largest absolute Gasteiger partial charge is 0.228 e. The molecule has 4 heteroatoms. The summed E-state index contributed by atoms with van der Waals surface area (Å²) in [5.41, 5.74) is 0.882. The van der Waals surface area contributed by atoms with E-state index in [1.54, 1.807) is 0 Å². The fraction of sp³-hybridized carbons (Fsp3) is 0.538. The first kappa shape index (κ1) is 14.7. The van der Waals surface area contributed by atoms with Crippen LogP contribution < -0.4 is 0 Å². The molecule has 1 rings (SSSR count). The van der Waals surface area contributed by atoms with Crippen LogP contribution in [0.5, 0.6) is 0 Å². The highest BCUT2D eigenvalue weighted by atomic mass is 79.9. The first-order chi connectivity index (χ1) is 8.14. The molecular formula is C13H19BrO2S. The van der Waals surface area contributed by atoms with E-state index in [1.165, 1.54) is 0 Å². The highest BCUT2D eigenvalue weighted by Crippen LogP contribution is 2.09. The summed E-state index contributed by atoms with van der Waals surface area (Å²) >= 11 is 3.37. The van der Waals surface area contributed by atoms with Gasteiger partial charge in [0.1, 0.15) is 0 Å². The van der Waals surface area contributed by atoms with Crippen LogP contribution in [0.2, 0.25) is 0 Å². The van der Waals surface area contributed by atoms with Crippen molar-refractivity contribution in [2.75, 3.05) is 11.1 Å². The molecule has 0 atom stereocenters. The first-order valence-corrected chi connectivity index (χ1v) is 8.89. The van der Waals surface area contributed by atoms with Gasteiger partial charge in [-0.15, -0.1) is 0 Å². The summed E-state index contributed by atoms with van der Waals surface area (Å²) in [6.07, 6.45) is 4.01. The molecule has 0 bridgehead atoms. The van der Waals surface area contributed by atoms with Crippen molar-refractivity contribution >= 4 is 25.8 Å². The number of halogens is 1. The van der Waals surface area contributed by atoms with Gasteiger partial charge < -0.3 is 0 Å². The number of rotatable bonds is 8. The van der Waals surface area contributed by atoms with Gasteiger partial charge in [-0.3, -0.25) is 0 Å². The number of hydrogen-bond acceptors (Lipinski definition) is 2. The van der Waals surface area contributed by atoms with Gasteiger partial charge >= 0.3 is 0 Å². The highest BCUT2D eigenvalue weighted by molar-refractivity contribution is 9.09. The molecule has 2 nitrogen and oxygen atoms in total. The van der Waals surface area contributed by atoms with E-state index in [2.05, 4.69) is 15.9 Å². The summed E-state index contributed by atoms with van der Waals surface area (Å²) in [5.74, 6) is 0.483. The minimum Gasteiger partial charge on any atom is -0.228 e. The molecule has 0 unspecified atom stereocenters. The molecule has 0 aliphatic heterocycles. The molecule has 0 N–H and O–H groups in total. The third-order valence-electron chi connectivity index (χ3n) is 2.57. The highest BCUT2D eigenvalue weighted by Gasteiger charge is 2.10. The number of sulfone groups is 1. The SMILES string of the molecule is O=S(=O)(CCCCCCBr)Cc1ccccc1. The summed E-state index contributed by atoms with van der Waals surface area (Å²) in [7, 11) is -2.93. The van der Waals surface area contributed by atoms with Crippen molar-refractivity contribution in [3.8, 4) is 0 Å². The van der Waals surface area contributed by atoms with E-state index < -0.39 is 9.84 Å². The van der Waals surface area contributed by atoms with Crippen molar-refractivity contribution in [3.63, 3.8) is 0 Å². The van der Waals surface area contributed by atoms with E-state index in [9.17, 15) is 8.42 Å². The van der Waals surface area contributed by atoms with Gasteiger partial charge in [-0.05, 0) is 18.4 Å². The van der Waals surface area contributed by atoms with E-state index in [4.69, 9.17) is 0 Å². The van der Waals surface area contributed by atoms with Crippen molar-refractivity contribution in [2.24, 2.45) is 0 Å². The fourth-order valence-corrected chi connectivity index (χ4v) is 3.56. The molecular weight excluding hydrogens is 300 g/mol. The monoisotopic (exact) mass is 318 g/mol. The van der Waals surface area contributed by atoms with Crippen molar-refractivity contribution in [3.05, 3.63) is 35.9 Å². The van der Waals surface area contributed by atoms with Crippen molar-refractivity contribution in [2.45, 2.75) is 31.4 Å². The Morgan fingerprint density at radius 2 is 1.59 bits per heavy atom. The Kier molecular flexibility index (Phi) is 6.82. The lowest BCUT2D eigenvalue weighted by molar-refractivity contribution is 0.588. The minimum absolute atomic E-state index is 0.173. The Bertz CT molecular complexity index is 401. The van der Waals surface area contributed by atoms with Gasteiger partial charge in [-0.25, -0.2) is 8.42 Å². The lowest BCUT2D eigenvalue weighted by Gasteiger charge is -2.04. The molecule has 0 saturated heterocycles. The van der Waals surface area contributed by atoms with E-state index in [1.807, 2.05) is 30.3 Å². The lowest BCUT2D eigenvalue weighted by atomic mass is 10.2. The number of alkyl halides is 1. The van der Waals surface area contributed by atoms with Crippen LogP contribution in [-0.2, 0) is 15.6 Å². The second-order valence-corrected chi connectivity index (χ2v) is 7.16. The number of unbranched alkanes of at least 4 members (excludes halogenated alkanes) is 3. The van der Waals surface area contributed by atoms with Crippen LogP contribution in [-0.4, -0.2) is 19.5 Å². The van der Waals surface area contributed by atoms with Crippen molar-refractivity contribution in [1.82, 2.24) is 0 Å². The predicted molar refractivity (Wildman–Crippen MR) is 76.2 cm³/mol. The molecule has 0 aromatic heterocycles. The van der Waals surface area contributed by atoms with Gasteiger partial charge in [0.25, 0.3) is 0 Å². The third kappa shape index (κ3) is 6.84. The molecule has 0 amide bonds. The van der Waals surface area contributed by atoms with Gasteiger partial charge in [0.15, 0.2) is 9.84 Å². The van der Waals surface area contributed by atoms with E-state index in [0.717, 1.165) is 36.6 Å². The Labute approximate surface area is 112 Å². The Morgan fingerprint density at radius 3 is 2.24 bits per heavy atom. The zero-order valence-electron chi connectivity index (χ0n) is 9.94. The molecule has 0 aliphatic rings. The zero-order valence-corrected chi connectivity index (χ0v) is 12.3. The molecule has 1 aromatic rings. The molecule has 17 heavy (non-hydrogen) atoms. The van der Waals surface area contributed by atoms with Crippen LogP contribution in [0, 0.1) is 0 Å². The van der Waals surface area contributed by atoms with Crippen LogP contribution in [0.15, 0.2) is 30.3 Å². The predicted octanol–water partition coefficient (Wildman–Crippen LogP) is 3.56. The average molecular weight is 319 g/mol. The fourth-order valence-electron chi connectivity index (χ4n) is 1.67. The normalized spacial score (nSPS) is 11.6. The standard InChI is InChI=1S/C13H19BrO2S/c14-10-6-1-2-7-11-17(15,16)12-13-8-4-3-5-9-13/h3-5,8-9H,1-2,6-7,10-12H2. The van der Waals surface area contributed by atoms with E-state index in [0.29, 0.717) is 5.75 Å². The van der Waals surface area contributed by atoms with E-state index in [-0.39, 0.29) is 5.75 Å². The van der Waals surface area contributed by atoms with Crippen LogP contribution in [0.4, 0.5) is 0 Å². The molecule has 96 valence electrons. The van der Waals surface area contributed by atoms with Crippen LogP contribution in [0.25, 0.3) is 0 Å². The Balaban J connectivity index is 2.32. The van der Waals surface area contributed by atoms with Crippen LogP contribution in [0.1, 0.15) is 31.2 Å². The minimum atomic E-state index is -2.93. The molecule has 0 spiro atoms. The van der Waals surface area contributed by atoms with Gasteiger partial charge in [-0.2, -0.15) is 0 Å². The summed E-state index contributed by atoms with van der Waals surface area (Å²) < 4.78 is 23.6. The third-order valence-corrected chi connectivity index (χ3v) is 4.81. The zero-order chi connectivity index (χ0) is 12.6. The maximum absolute atomic E-state index is 11.8. The number of benzene rings is 1. The van der Waals surface area contributed by atoms with Crippen LogP contribution >= 0.6 is 15.9 Å². The molecule has 1 aromatic carbocycles. The maximum Gasteiger partial charge on any atom is 0.154 e. The van der Waals surface area contributed by atoms with Crippen molar-refractivity contribution < 1.29 is 8.42 Å². The first-order valence-electron chi connectivity index (χ1n) is 5.94. The molecule has 0 radical (unpaired) electrons. The molecule has 0 fully saturated rings. The maximum atomic E-state index is 11.8. The summed E-state index contributed by atoms with van der Waals surface area (Å²) in [4.78, 5) is 0. The smallest absolute Gasteiger partial charge is 0.154 e. The second kappa shape index (κ2) is 7.88. The summed E-state index contributed by atoms with van der Waals surface area (Å²) in [6.45, 7) is 0. The lowest BCUT2D eigenvalue weighted by Crippen LogP contribution is -2.09. The summed E-state index contributed by atoms with van der Waals surface area (Å²) in [5, 5.41) is 1.00. The number of hydrogen-bond donors (Lipinski definition) is 0. The average Bonchev–Trinajstić information content (AvgIpc) is 2.29. The molecule has 0 saturated carbocycles. The summed E-state index contributed by atoms with van der Waals surface area (Å²) in [6, 6.07) is 9.38. The van der Waals surface area contributed by atoms with Gasteiger partial charge in [0.2, 0.25) is 0 Å². The second-order valence-electron chi connectivity index (χ2n) is 4.18.